The number of carbonyl (C=O) groups is 2. The molecule has 1 aromatic rings. The SMILES string of the molecule is CCOC(=O)CC(=O)OCCC/C=C/c1ccccc1. The molecule has 0 fully saturated rings. The zero-order valence-corrected chi connectivity index (χ0v) is 11.7. The number of hydrogen-bond donors (Lipinski definition) is 0. The molecule has 0 unspecified atom stereocenters. The van der Waals surface area contributed by atoms with Gasteiger partial charge in [0.05, 0.1) is 13.2 Å². The van der Waals surface area contributed by atoms with E-state index in [1.165, 1.54) is 0 Å². The Balaban J connectivity index is 2.09. The summed E-state index contributed by atoms with van der Waals surface area (Å²) in [6.07, 6.45) is 5.31. The molecule has 0 aliphatic heterocycles. The second-order valence-corrected chi connectivity index (χ2v) is 4.16. The molecule has 1 aromatic carbocycles. The highest BCUT2D eigenvalue weighted by Gasteiger charge is 2.10. The molecule has 0 heterocycles. The quantitative estimate of drug-likeness (QED) is 0.416. The molecule has 4 nitrogen and oxygen atoms in total. The van der Waals surface area contributed by atoms with Crippen LogP contribution in [0.25, 0.3) is 6.08 Å². The van der Waals surface area contributed by atoms with Gasteiger partial charge in [0.1, 0.15) is 6.42 Å². The van der Waals surface area contributed by atoms with E-state index in [0.717, 1.165) is 18.4 Å². The molecule has 0 aliphatic rings. The zero-order valence-electron chi connectivity index (χ0n) is 11.7. The van der Waals surface area contributed by atoms with Crippen molar-refractivity contribution in [3.63, 3.8) is 0 Å². The molecule has 0 spiro atoms. The van der Waals surface area contributed by atoms with Crippen LogP contribution in [0.3, 0.4) is 0 Å². The molecule has 0 radical (unpaired) electrons. The van der Waals surface area contributed by atoms with Crippen LogP contribution in [-0.2, 0) is 19.1 Å². The van der Waals surface area contributed by atoms with E-state index >= 15 is 0 Å². The van der Waals surface area contributed by atoms with Gasteiger partial charge in [0.2, 0.25) is 0 Å². The third-order valence-electron chi connectivity index (χ3n) is 2.48. The summed E-state index contributed by atoms with van der Waals surface area (Å²) in [5, 5.41) is 0. The first-order valence-corrected chi connectivity index (χ1v) is 6.75. The van der Waals surface area contributed by atoms with E-state index in [-0.39, 0.29) is 13.0 Å². The molecule has 0 saturated heterocycles. The largest absolute Gasteiger partial charge is 0.466 e. The fourth-order valence-electron chi connectivity index (χ4n) is 1.55. The Morgan fingerprint density at radius 3 is 2.50 bits per heavy atom. The van der Waals surface area contributed by atoms with Crippen molar-refractivity contribution in [2.24, 2.45) is 0 Å². The van der Waals surface area contributed by atoms with Crippen LogP contribution in [0.15, 0.2) is 36.4 Å². The molecule has 0 N–H and O–H groups in total. The van der Waals surface area contributed by atoms with Crippen molar-refractivity contribution in [3.05, 3.63) is 42.0 Å². The maximum atomic E-state index is 11.2. The van der Waals surface area contributed by atoms with Gasteiger partial charge < -0.3 is 9.47 Å². The number of benzene rings is 1. The number of carbonyl (C=O) groups excluding carboxylic acids is 2. The van der Waals surface area contributed by atoms with E-state index in [0.29, 0.717) is 6.61 Å². The van der Waals surface area contributed by atoms with Crippen molar-refractivity contribution < 1.29 is 19.1 Å². The molecule has 0 atom stereocenters. The van der Waals surface area contributed by atoms with Gasteiger partial charge in [-0.3, -0.25) is 9.59 Å². The van der Waals surface area contributed by atoms with Crippen molar-refractivity contribution in [1.82, 2.24) is 0 Å². The number of rotatable bonds is 8. The van der Waals surface area contributed by atoms with Gasteiger partial charge in [-0.2, -0.15) is 0 Å². The van der Waals surface area contributed by atoms with Crippen LogP contribution in [0.1, 0.15) is 31.7 Å². The maximum Gasteiger partial charge on any atom is 0.317 e. The van der Waals surface area contributed by atoms with Gasteiger partial charge in [-0.1, -0.05) is 42.5 Å². The van der Waals surface area contributed by atoms with Gasteiger partial charge in [0.15, 0.2) is 0 Å². The first-order valence-electron chi connectivity index (χ1n) is 6.75. The van der Waals surface area contributed by atoms with Crippen LogP contribution < -0.4 is 0 Å². The summed E-state index contributed by atoms with van der Waals surface area (Å²) >= 11 is 0. The summed E-state index contributed by atoms with van der Waals surface area (Å²) in [7, 11) is 0. The highest BCUT2D eigenvalue weighted by atomic mass is 16.6. The lowest BCUT2D eigenvalue weighted by molar-refractivity contribution is -0.154. The number of hydrogen-bond acceptors (Lipinski definition) is 4. The van der Waals surface area contributed by atoms with Crippen molar-refractivity contribution >= 4 is 18.0 Å². The lowest BCUT2D eigenvalue weighted by Crippen LogP contribution is -2.14. The molecule has 0 bridgehead atoms. The highest BCUT2D eigenvalue weighted by molar-refractivity contribution is 5.91. The van der Waals surface area contributed by atoms with Crippen LogP contribution in [0.5, 0.6) is 0 Å². The summed E-state index contributed by atoms with van der Waals surface area (Å²) < 4.78 is 9.59. The monoisotopic (exact) mass is 276 g/mol. The Bertz CT molecular complexity index is 437. The van der Waals surface area contributed by atoms with Gasteiger partial charge in [-0.15, -0.1) is 0 Å². The van der Waals surface area contributed by atoms with Gasteiger partial charge in [-0.25, -0.2) is 0 Å². The van der Waals surface area contributed by atoms with Gasteiger partial charge in [0, 0.05) is 0 Å². The van der Waals surface area contributed by atoms with E-state index in [2.05, 4.69) is 4.74 Å². The Morgan fingerprint density at radius 2 is 1.80 bits per heavy atom. The molecule has 0 aliphatic carbocycles. The Hall–Kier alpha value is -2.10. The average molecular weight is 276 g/mol. The molecule has 4 heteroatoms. The van der Waals surface area contributed by atoms with Crippen LogP contribution in [0, 0.1) is 0 Å². The third kappa shape index (κ3) is 7.36. The van der Waals surface area contributed by atoms with E-state index in [4.69, 9.17) is 4.74 Å². The van der Waals surface area contributed by atoms with Crippen molar-refractivity contribution in [2.45, 2.75) is 26.2 Å². The summed E-state index contributed by atoms with van der Waals surface area (Å²) in [5.74, 6) is -1.07. The van der Waals surface area contributed by atoms with Crippen LogP contribution in [0.4, 0.5) is 0 Å². The molecule has 0 aromatic heterocycles. The van der Waals surface area contributed by atoms with Crippen molar-refractivity contribution in [2.75, 3.05) is 13.2 Å². The summed E-state index contributed by atoms with van der Waals surface area (Å²) in [5.41, 5.74) is 1.15. The minimum Gasteiger partial charge on any atom is -0.466 e. The van der Waals surface area contributed by atoms with Crippen LogP contribution >= 0.6 is 0 Å². The minimum atomic E-state index is -0.540. The Kier molecular flexibility index (Phi) is 7.80. The fraction of sp³-hybridized carbons (Fsp3) is 0.375. The molecule has 0 amide bonds. The second kappa shape index (κ2) is 9.78. The van der Waals surface area contributed by atoms with E-state index in [1.54, 1.807) is 6.92 Å². The Labute approximate surface area is 119 Å². The predicted molar refractivity (Wildman–Crippen MR) is 76.9 cm³/mol. The molecular weight excluding hydrogens is 256 g/mol. The first kappa shape index (κ1) is 16.0. The minimum absolute atomic E-state index is 0.274. The average Bonchev–Trinajstić information content (AvgIpc) is 2.44. The fourth-order valence-corrected chi connectivity index (χ4v) is 1.55. The maximum absolute atomic E-state index is 11.2. The van der Waals surface area contributed by atoms with Gasteiger partial charge >= 0.3 is 11.9 Å². The first-order chi connectivity index (χ1) is 9.72. The normalized spacial score (nSPS) is 10.4. The molecule has 108 valence electrons. The summed E-state index contributed by atoms with van der Waals surface area (Å²) in [4.78, 5) is 22.3. The molecular formula is C16H20O4. The van der Waals surface area contributed by atoms with Gasteiger partial charge in [0.25, 0.3) is 0 Å². The molecule has 1 rings (SSSR count). The van der Waals surface area contributed by atoms with Crippen LogP contribution in [-0.4, -0.2) is 25.2 Å². The predicted octanol–water partition coefficient (Wildman–Crippen LogP) is 2.98. The standard InChI is InChI=1S/C16H20O4/c1-2-19-15(17)13-16(18)20-12-8-4-7-11-14-9-5-3-6-10-14/h3,5-7,9-11H,2,4,8,12-13H2,1H3/b11-7+. The topological polar surface area (TPSA) is 52.6 Å². The lowest BCUT2D eigenvalue weighted by atomic mass is 10.2. The molecule has 0 saturated carbocycles. The van der Waals surface area contributed by atoms with E-state index in [9.17, 15) is 9.59 Å². The van der Waals surface area contributed by atoms with Crippen LogP contribution in [0.2, 0.25) is 0 Å². The highest BCUT2D eigenvalue weighted by Crippen LogP contribution is 2.03. The van der Waals surface area contributed by atoms with Crippen molar-refractivity contribution in [1.29, 1.82) is 0 Å². The molecule has 20 heavy (non-hydrogen) atoms. The number of esters is 2. The van der Waals surface area contributed by atoms with E-state index in [1.807, 2.05) is 42.5 Å². The zero-order chi connectivity index (χ0) is 14.6. The second-order valence-electron chi connectivity index (χ2n) is 4.16. The smallest absolute Gasteiger partial charge is 0.317 e. The number of allylic oxidation sites excluding steroid dienone is 1. The third-order valence-corrected chi connectivity index (χ3v) is 2.48. The number of unbranched alkanes of at least 4 members (excludes halogenated alkanes) is 1. The van der Waals surface area contributed by atoms with Gasteiger partial charge in [-0.05, 0) is 25.3 Å². The lowest BCUT2D eigenvalue weighted by Gasteiger charge is -2.03. The summed E-state index contributed by atoms with van der Waals surface area (Å²) in [6, 6.07) is 9.99. The Morgan fingerprint density at radius 1 is 1.10 bits per heavy atom. The number of ether oxygens (including phenoxy) is 2. The van der Waals surface area contributed by atoms with Crippen molar-refractivity contribution in [3.8, 4) is 0 Å². The van der Waals surface area contributed by atoms with E-state index < -0.39 is 11.9 Å². The summed E-state index contributed by atoms with van der Waals surface area (Å²) in [6.45, 7) is 2.29.